The Balaban J connectivity index is 0. The van der Waals surface area contributed by atoms with Crippen molar-refractivity contribution in [3.8, 4) is 0 Å². The lowest BCUT2D eigenvalue weighted by molar-refractivity contribution is -0.141. The fraction of sp³-hybridized carbons (Fsp3) is 0.471. The van der Waals surface area contributed by atoms with E-state index < -0.39 is 17.9 Å². The van der Waals surface area contributed by atoms with Crippen LogP contribution in [-0.2, 0) is 33.3 Å². The van der Waals surface area contributed by atoms with Gasteiger partial charge in [-0.1, -0.05) is 19.7 Å². The summed E-state index contributed by atoms with van der Waals surface area (Å²) in [5.74, 6) is -1.31. The molecule has 0 aliphatic rings. The third kappa shape index (κ3) is 17.6. The highest BCUT2D eigenvalue weighted by atomic mass is 16.6. The molecule has 0 spiro atoms. The summed E-state index contributed by atoms with van der Waals surface area (Å²) in [7, 11) is 0. The minimum Gasteiger partial charge on any atom is -0.462 e. The molecule has 136 valence electrons. The summed E-state index contributed by atoms with van der Waals surface area (Å²) in [6.45, 7) is 15.2. The zero-order chi connectivity index (χ0) is 18.8. The number of ether oxygens (including phenoxy) is 4. The van der Waals surface area contributed by atoms with Gasteiger partial charge < -0.3 is 18.9 Å². The van der Waals surface area contributed by atoms with Crippen molar-refractivity contribution < 1.29 is 33.3 Å². The average molecular weight is 342 g/mol. The Labute approximate surface area is 142 Å². The van der Waals surface area contributed by atoms with Gasteiger partial charge in [0.05, 0.1) is 19.8 Å². The first-order chi connectivity index (χ1) is 11.4. The number of rotatable bonds is 11. The number of esters is 3. The van der Waals surface area contributed by atoms with Crippen molar-refractivity contribution in [3.05, 3.63) is 37.5 Å². The van der Waals surface area contributed by atoms with E-state index in [9.17, 15) is 14.4 Å². The van der Waals surface area contributed by atoms with Gasteiger partial charge in [0.1, 0.15) is 6.61 Å². The van der Waals surface area contributed by atoms with Crippen LogP contribution in [-0.4, -0.2) is 50.9 Å². The summed E-state index contributed by atoms with van der Waals surface area (Å²) >= 11 is 0. The molecule has 0 heterocycles. The molecule has 0 saturated heterocycles. The Morgan fingerprint density at radius 2 is 1.38 bits per heavy atom. The normalized spacial score (nSPS) is 8.92. The second-order valence-electron chi connectivity index (χ2n) is 4.21. The molecule has 0 aromatic rings. The van der Waals surface area contributed by atoms with Crippen LogP contribution in [0, 0.1) is 0 Å². The van der Waals surface area contributed by atoms with Crippen LogP contribution >= 0.6 is 0 Å². The highest BCUT2D eigenvalue weighted by Gasteiger charge is 2.02. The predicted octanol–water partition coefficient (Wildman–Crippen LogP) is 1.98. The molecule has 0 aromatic heterocycles. The first-order valence-electron chi connectivity index (χ1n) is 7.37. The highest BCUT2D eigenvalue weighted by Crippen LogP contribution is 1.94. The first-order valence-corrected chi connectivity index (χ1v) is 7.37. The second kappa shape index (κ2) is 17.0. The fourth-order valence-electron chi connectivity index (χ4n) is 0.983. The standard InChI is InChI=1S/C10H14O4.C7H12O3/c1-4-9(11)13-6-5-7-14-10(12)8(2)3;1-3-7(8)10-6-5-9-4-2/h4H,1-2,5-7H2,3H3;3H,1,4-6H2,2H3. The van der Waals surface area contributed by atoms with E-state index in [1.165, 1.54) is 0 Å². The molecule has 0 aromatic carbocycles. The summed E-state index contributed by atoms with van der Waals surface area (Å²) in [6.07, 6.45) is 2.68. The maximum atomic E-state index is 10.9. The molecule has 0 amide bonds. The summed E-state index contributed by atoms with van der Waals surface area (Å²) in [4.78, 5) is 31.8. The Morgan fingerprint density at radius 3 is 1.83 bits per heavy atom. The lowest BCUT2D eigenvalue weighted by Gasteiger charge is -2.04. The molecule has 0 atom stereocenters. The molecular formula is C17H26O7. The van der Waals surface area contributed by atoms with E-state index in [1.54, 1.807) is 6.92 Å². The van der Waals surface area contributed by atoms with E-state index in [2.05, 4.69) is 29.2 Å². The lowest BCUT2D eigenvalue weighted by Crippen LogP contribution is -2.09. The lowest BCUT2D eigenvalue weighted by atomic mass is 10.4. The van der Waals surface area contributed by atoms with Crippen LogP contribution in [0.25, 0.3) is 0 Å². The Morgan fingerprint density at radius 1 is 0.875 bits per heavy atom. The molecule has 7 heteroatoms. The van der Waals surface area contributed by atoms with Crippen LogP contribution in [0.3, 0.4) is 0 Å². The maximum absolute atomic E-state index is 10.9. The van der Waals surface area contributed by atoms with Crippen molar-refractivity contribution in [1.82, 2.24) is 0 Å². The van der Waals surface area contributed by atoms with Gasteiger partial charge in [-0.05, 0) is 13.8 Å². The summed E-state index contributed by atoms with van der Waals surface area (Å²) < 4.78 is 19.0. The quantitative estimate of drug-likeness (QED) is 0.245. The van der Waals surface area contributed by atoms with Crippen LogP contribution in [0.5, 0.6) is 0 Å². The van der Waals surface area contributed by atoms with Crippen LogP contribution < -0.4 is 0 Å². The molecule has 0 aliphatic heterocycles. The number of carbonyl (C=O) groups is 3. The van der Waals surface area contributed by atoms with Crippen LogP contribution in [0.1, 0.15) is 20.3 Å². The van der Waals surface area contributed by atoms with Crippen molar-refractivity contribution >= 4 is 17.9 Å². The van der Waals surface area contributed by atoms with Gasteiger partial charge in [-0.3, -0.25) is 0 Å². The predicted molar refractivity (Wildman–Crippen MR) is 89.2 cm³/mol. The van der Waals surface area contributed by atoms with Crippen molar-refractivity contribution in [2.45, 2.75) is 20.3 Å². The van der Waals surface area contributed by atoms with E-state index in [-0.39, 0.29) is 13.2 Å². The number of hydrogen-bond donors (Lipinski definition) is 0. The van der Waals surface area contributed by atoms with Crippen molar-refractivity contribution in [3.63, 3.8) is 0 Å². The molecule has 0 saturated carbocycles. The minimum absolute atomic E-state index is 0.217. The van der Waals surface area contributed by atoms with E-state index in [0.29, 0.717) is 31.8 Å². The van der Waals surface area contributed by atoms with E-state index in [0.717, 1.165) is 12.2 Å². The molecule has 0 bridgehead atoms. The van der Waals surface area contributed by atoms with Gasteiger partial charge in [0, 0.05) is 30.8 Å². The minimum atomic E-state index is -0.476. The molecule has 0 fully saturated rings. The largest absolute Gasteiger partial charge is 0.462 e. The van der Waals surface area contributed by atoms with Gasteiger partial charge in [0.25, 0.3) is 0 Å². The van der Waals surface area contributed by atoms with Gasteiger partial charge in [-0.25, -0.2) is 14.4 Å². The van der Waals surface area contributed by atoms with Crippen molar-refractivity contribution in [2.75, 3.05) is 33.0 Å². The maximum Gasteiger partial charge on any atom is 0.333 e. The van der Waals surface area contributed by atoms with E-state index in [1.807, 2.05) is 6.92 Å². The van der Waals surface area contributed by atoms with E-state index in [4.69, 9.17) is 9.47 Å². The summed E-state index contributed by atoms with van der Waals surface area (Å²) in [5.41, 5.74) is 0.355. The molecule has 0 unspecified atom stereocenters. The van der Waals surface area contributed by atoms with Gasteiger partial charge >= 0.3 is 17.9 Å². The molecule has 0 rings (SSSR count). The van der Waals surface area contributed by atoms with E-state index >= 15 is 0 Å². The summed E-state index contributed by atoms with van der Waals surface area (Å²) in [5, 5.41) is 0. The second-order valence-corrected chi connectivity index (χ2v) is 4.21. The Kier molecular flexibility index (Phi) is 16.8. The third-order valence-corrected chi connectivity index (χ3v) is 2.12. The Hall–Kier alpha value is -2.41. The Bertz CT molecular complexity index is 427. The highest BCUT2D eigenvalue weighted by molar-refractivity contribution is 5.86. The summed E-state index contributed by atoms with van der Waals surface area (Å²) in [6, 6.07) is 0. The van der Waals surface area contributed by atoms with Crippen LogP contribution in [0.4, 0.5) is 0 Å². The first kappa shape index (κ1) is 23.9. The number of carbonyl (C=O) groups excluding carboxylic acids is 3. The van der Waals surface area contributed by atoms with Gasteiger partial charge in [0.15, 0.2) is 0 Å². The zero-order valence-corrected chi connectivity index (χ0v) is 14.4. The average Bonchev–Trinajstić information content (AvgIpc) is 2.58. The SMILES string of the molecule is C=CC(=O)OCCCOC(=O)C(=C)C.C=CC(=O)OCCOCC. The topological polar surface area (TPSA) is 88.1 Å². The molecule has 0 N–H and O–H groups in total. The van der Waals surface area contributed by atoms with Crippen molar-refractivity contribution in [2.24, 2.45) is 0 Å². The third-order valence-electron chi connectivity index (χ3n) is 2.12. The van der Waals surface area contributed by atoms with Gasteiger partial charge in [-0.2, -0.15) is 0 Å². The van der Waals surface area contributed by atoms with Crippen LogP contribution in [0.2, 0.25) is 0 Å². The van der Waals surface area contributed by atoms with Gasteiger partial charge in [-0.15, -0.1) is 0 Å². The molecular weight excluding hydrogens is 316 g/mol. The molecule has 0 radical (unpaired) electrons. The molecule has 7 nitrogen and oxygen atoms in total. The van der Waals surface area contributed by atoms with Crippen molar-refractivity contribution in [1.29, 1.82) is 0 Å². The fourth-order valence-corrected chi connectivity index (χ4v) is 0.983. The van der Waals surface area contributed by atoms with Gasteiger partial charge in [0.2, 0.25) is 0 Å². The monoisotopic (exact) mass is 342 g/mol. The molecule has 24 heavy (non-hydrogen) atoms. The zero-order valence-electron chi connectivity index (χ0n) is 14.4. The number of hydrogen-bond acceptors (Lipinski definition) is 7. The van der Waals surface area contributed by atoms with Crippen LogP contribution in [0.15, 0.2) is 37.5 Å². The smallest absolute Gasteiger partial charge is 0.333 e. The molecule has 0 aliphatic carbocycles.